The van der Waals surface area contributed by atoms with Crippen molar-refractivity contribution in [2.75, 3.05) is 25.0 Å². The molecule has 0 saturated carbocycles. The van der Waals surface area contributed by atoms with Crippen LogP contribution in [0.5, 0.6) is 0 Å². The van der Waals surface area contributed by atoms with Crippen LogP contribution in [0.3, 0.4) is 0 Å². The first-order valence-corrected chi connectivity index (χ1v) is 6.47. The predicted molar refractivity (Wildman–Crippen MR) is 81.4 cm³/mol. The normalized spacial score (nSPS) is 18.1. The van der Waals surface area contributed by atoms with Crippen molar-refractivity contribution in [2.45, 2.75) is 19.9 Å². The third kappa shape index (κ3) is 3.95. The smallest absolute Gasteiger partial charge is 0.254 e. The highest BCUT2D eigenvalue weighted by Crippen LogP contribution is 2.15. The third-order valence-electron chi connectivity index (χ3n) is 3.19. The molecule has 1 aromatic carbocycles. The first-order valence-electron chi connectivity index (χ1n) is 6.47. The van der Waals surface area contributed by atoms with Crippen LogP contribution in [0.1, 0.15) is 24.2 Å². The number of benzene rings is 1. The minimum absolute atomic E-state index is 0. The molecule has 1 aromatic rings. The van der Waals surface area contributed by atoms with Crippen molar-refractivity contribution >= 4 is 29.9 Å². The fourth-order valence-corrected chi connectivity index (χ4v) is 2.24. The summed E-state index contributed by atoms with van der Waals surface area (Å²) in [4.78, 5) is 25.3. The van der Waals surface area contributed by atoms with Crippen molar-refractivity contribution in [2.24, 2.45) is 0 Å². The lowest BCUT2D eigenvalue weighted by Crippen LogP contribution is -2.52. The minimum Gasteiger partial charge on any atom is -0.333 e. The topological polar surface area (TPSA) is 61.4 Å². The van der Waals surface area contributed by atoms with Gasteiger partial charge in [0.25, 0.3) is 5.91 Å². The summed E-state index contributed by atoms with van der Waals surface area (Å²) in [6.07, 6.45) is 0. The SMILES string of the molecule is CC(=O)Nc1cccc(C(=O)N2CCNC[C@H]2C)c1.Cl. The number of anilines is 1. The molecule has 1 heterocycles. The van der Waals surface area contributed by atoms with E-state index in [-0.39, 0.29) is 30.3 Å². The van der Waals surface area contributed by atoms with E-state index in [9.17, 15) is 9.59 Å². The number of halogens is 1. The number of carbonyl (C=O) groups excluding carboxylic acids is 2. The Morgan fingerprint density at radius 1 is 1.40 bits per heavy atom. The molecule has 5 nitrogen and oxygen atoms in total. The van der Waals surface area contributed by atoms with Crippen molar-refractivity contribution in [3.05, 3.63) is 29.8 Å². The largest absolute Gasteiger partial charge is 0.333 e. The van der Waals surface area contributed by atoms with E-state index in [2.05, 4.69) is 10.6 Å². The van der Waals surface area contributed by atoms with Gasteiger partial charge in [-0.15, -0.1) is 12.4 Å². The van der Waals surface area contributed by atoms with Gasteiger partial charge in [0.05, 0.1) is 0 Å². The summed E-state index contributed by atoms with van der Waals surface area (Å²) in [7, 11) is 0. The number of carbonyl (C=O) groups is 2. The van der Waals surface area contributed by atoms with Gasteiger partial charge in [0.15, 0.2) is 0 Å². The van der Waals surface area contributed by atoms with Crippen LogP contribution < -0.4 is 10.6 Å². The van der Waals surface area contributed by atoms with Crippen LogP contribution in [0.15, 0.2) is 24.3 Å². The standard InChI is InChI=1S/C14H19N3O2.ClH/c1-10-9-15-6-7-17(10)14(19)12-4-3-5-13(8-12)16-11(2)18;/h3-5,8,10,15H,6-7,9H2,1-2H3,(H,16,18);1H/t10-;/m1./s1. The molecule has 0 aromatic heterocycles. The summed E-state index contributed by atoms with van der Waals surface area (Å²) in [5.41, 5.74) is 1.26. The third-order valence-corrected chi connectivity index (χ3v) is 3.19. The molecule has 1 aliphatic heterocycles. The molecule has 0 spiro atoms. The van der Waals surface area contributed by atoms with Crippen LogP contribution in [0.2, 0.25) is 0 Å². The Morgan fingerprint density at radius 2 is 2.15 bits per heavy atom. The molecule has 1 atom stereocenters. The van der Waals surface area contributed by atoms with Crippen LogP contribution in [0.4, 0.5) is 5.69 Å². The fourth-order valence-electron chi connectivity index (χ4n) is 2.24. The molecule has 2 N–H and O–H groups in total. The Morgan fingerprint density at radius 3 is 2.80 bits per heavy atom. The van der Waals surface area contributed by atoms with Gasteiger partial charge in [-0.25, -0.2) is 0 Å². The van der Waals surface area contributed by atoms with Crippen molar-refractivity contribution in [1.82, 2.24) is 10.2 Å². The van der Waals surface area contributed by atoms with Crippen LogP contribution in [0.25, 0.3) is 0 Å². The number of nitrogens with zero attached hydrogens (tertiary/aromatic N) is 1. The Hall–Kier alpha value is -1.59. The van der Waals surface area contributed by atoms with Gasteiger partial charge in [0.2, 0.25) is 5.91 Å². The maximum absolute atomic E-state index is 12.4. The highest BCUT2D eigenvalue weighted by molar-refractivity contribution is 5.97. The van der Waals surface area contributed by atoms with E-state index in [0.29, 0.717) is 17.8 Å². The summed E-state index contributed by atoms with van der Waals surface area (Å²) < 4.78 is 0. The van der Waals surface area contributed by atoms with Gasteiger partial charge < -0.3 is 15.5 Å². The molecule has 1 fully saturated rings. The summed E-state index contributed by atoms with van der Waals surface area (Å²) in [5.74, 6) is -0.124. The quantitative estimate of drug-likeness (QED) is 0.870. The molecule has 1 aliphatic rings. The number of piperazine rings is 1. The molecule has 110 valence electrons. The Balaban J connectivity index is 0.00000200. The van der Waals surface area contributed by atoms with Crippen LogP contribution in [-0.2, 0) is 4.79 Å². The van der Waals surface area contributed by atoms with E-state index in [4.69, 9.17) is 0 Å². The molecule has 6 heteroatoms. The van der Waals surface area contributed by atoms with Gasteiger partial charge in [-0.2, -0.15) is 0 Å². The van der Waals surface area contributed by atoms with Gasteiger partial charge in [0.1, 0.15) is 0 Å². The second-order valence-electron chi connectivity index (χ2n) is 4.81. The highest BCUT2D eigenvalue weighted by Gasteiger charge is 2.23. The van der Waals surface area contributed by atoms with E-state index >= 15 is 0 Å². The zero-order chi connectivity index (χ0) is 13.8. The zero-order valence-electron chi connectivity index (χ0n) is 11.7. The van der Waals surface area contributed by atoms with E-state index in [1.165, 1.54) is 6.92 Å². The number of nitrogens with one attached hydrogen (secondary N) is 2. The summed E-state index contributed by atoms with van der Waals surface area (Å²) >= 11 is 0. The lowest BCUT2D eigenvalue weighted by Gasteiger charge is -2.34. The Bertz CT molecular complexity index is 493. The summed E-state index contributed by atoms with van der Waals surface area (Å²) in [6, 6.07) is 7.25. The van der Waals surface area contributed by atoms with Crippen molar-refractivity contribution in [1.29, 1.82) is 0 Å². The fraction of sp³-hybridized carbons (Fsp3) is 0.429. The first kappa shape index (κ1) is 16.5. The molecule has 2 amide bonds. The van der Waals surface area contributed by atoms with Gasteiger partial charge in [-0.1, -0.05) is 6.07 Å². The molecular formula is C14H20ClN3O2. The van der Waals surface area contributed by atoms with E-state index in [1.54, 1.807) is 24.3 Å². The van der Waals surface area contributed by atoms with Crippen molar-refractivity contribution in [3.8, 4) is 0 Å². The second kappa shape index (κ2) is 7.26. The lowest BCUT2D eigenvalue weighted by molar-refractivity contribution is -0.114. The molecule has 0 bridgehead atoms. The van der Waals surface area contributed by atoms with Gasteiger partial charge >= 0.3 is 0 Å². The van der Waals surface area contributed by atoms with Gasteiger partial charge in [0, 0.05) is 43.9 Å². The van der Waals surface area contributed by atoms with Gasteiger partial charge in [-0.3, -0.25) is 9.59 Å². The Kier molecular flexibility index (Phi) is 5.98. The molecule has 20 heavy (non-hydrogen) atoms. The number of hydrogen-bond acceptors (Lipinski definition) is 3. The second-order valence-corrected chi connectivity index (χ2v) is 4.81. The summed E-state index contributed by atoms with van der Waals surface area (Å²) in [5, 5.41) is 5.95. The van der Waals surface area contributed by atoms with Gasteiger partial charge in [-0.05, 0) is 25.1 Å². The van der Waals surface area contributed by atoms with E-state index < -0.39 is 0 Å². The van der Waals surface area contributed by atoms with Crippen LogP contribution in [0, 0.1) is 0 Å². The maximum atomic E-state index is 12.4. The number of rotatable bonds is 2. The van der Waals surface area contributed by atoms with Crippen LogP contribution in [-0.4, -0.2) is 42.4 Å². The predicted octanol–water partition coefficient (Wildman–Crippen LogP) is 1.50. The molecular weight excluding hydrogens is 278 g/mol. The highest BCUT2D eigenvalue weighted by atomic mass is 35.5. The van der Waals surface area contributed by atoms with Crippen LogP contribution >= 0.6 is 12.4 Å². The average Bonchev–Trinajstić information content (AvgIpc) is 2.38. The molecule has 0 radical (unpaired) electrons. The monoisotopic (exact) mass is 297 g/mol. The number of hydrogen-bond donors (Lipinski definition) is 2. The van der Waals surface area contributed by atoms with E-state index in [0.717, 1.165) is 13.1 Å². The van der Waals surface area contributed by atoms with Crippen molar-refractivity contribution < 1.29 is 9.59 Å². The maximum Gasteiger partial charge on any atom is 0.254 e. The minimum atomic E-state index is -0.139. The summed E-state index contributed by atoms with van der Waals surface area (Å²) in [6.45, 7) is 5.83. The van der Waals surface area contributed by atoms with E-state index in [1.807, 2.05) is 11.8 Å². The zero-order valence-corrected chi connectivity index (χ0v) is 12.5. The molecule has 0 aliphatic carbocycles. The molecule has 1 saturated heterocycles. The average molecular weight is 298 g/mol. The lowest BCUT2D eigenvalue weighted by atomic mass is 10.1. The first-order chi connectivity index (χ1) is 9.08. The molecule has 0 unspecified atom stereocenters. The van der Waals surface area contributed by atoms with Crippen molar-refractivity contribution in [3.63, 3.8) is 0 Å². The Labute approximate surface area is 125 Å². The number of amides is 2. The molecule has 2 rings (SSSR count).